The Kier molecular flexibility index (Phi) is 5.44. The topological polar surface area (TPSA) is 40.0 Å². The van der Waals surface area contributed by atoms with E-state index in [4.69, 9.17) is 14.3 Å². The molecule has 0 N–H and O–H groups in total. The number of methoxy groups -OCH3 is 2. The summed E-state index contributed by atoms with van der Waals surface area (Å²) in [6.07, 6.45) is 0. The monoisotopic (exact) mass is 295 g/mol. The van der Waals surface area contributed by atoms with Gasteiger partial charge in [-0.05, 0) is 36.3 Å². The second kappa shape index (κ2) is 7.75. The molecule has 4 nitrogen and oxygen atoms in total. The Morgan fingerprint density at radius 2 is 1.64 bits per heavy atom. The molecule has 0 radical (unpaired) electrons. The Hall–Kier alpha value is -2.93. The Bertz CT molecular complexity index is 712. The maximum Gasteiger partial charge on any atom is 0.161 e. The quantitative estimate of drug-likeness (QED) is 0.494. The Morgan fingerprint density at radius 1 is 0.909 bits per heavy atom. The van der Waals surface area contributed by atoms with Crippen molar-refractivity contribution in [1.29, 1.82) is 0 Å². The third-order valence-electron chi connectivity index (χ3n) is 2.94. The number of ether oxygens (including phenoxy) is 2. The van der Waals surface area contributed by atoms with Gasteiger partial charge in [0, 0.05) is 11.1 Å². The van der Waals surface area contributed by atoms with Gasteiger partial charge in [0.25, 0.3) is 0 Å². The molecule has 2 aromatic rings. The summed E-state index contributed by atoms with van der Waals surface area (Å²) in [4.78, 5) is 4.89. The molecule has 0 aliphatic heterocycles. The lowest BCUT2D eigenvalue weighted by Gasteiger charge is -2.08. The van der Waals surface area contributed by atoms with Crippen molar-refractivity contribution < 1.29 is 14.3 Å². The van der Waals surface area contributed by atoms with E-state index in [1.54, 1.807) is 14.2 Å². The molecule has 0 fully saturated rings. The van der Waals surface area contributed by atoms with Crippen LogP contribution in [0.1, 0.15) is 11.1 Å². The van der Waals surface area contributed by atoms with Crippen molar-refractivity contribution in [3.63, 3.8) is 0 Å². The predicted octanol–water partition coefficient (Wildman–Crippen LogP) is 3.11. The molecular formula is C18H17NO3. The summed E-state index contributed by atoms with van der Waals surface area (Å²) >= 11 is 0. The van der Waals surface area contributed by atoms with Gasteiger partial charge < -0.3 is 14.3 Å². The zero-order valence-electron chi connectivity index (χ0n) is 12.8. The molecule has 0 bridgehead atoms. The number of benzene rings is 2. The van der Waals surface area contributed by atoms with Crippen LogP contribution in [0.15, 0.2) is 53.7 Å². The van der Waals surface area contributed by atoms with Crippen LogP contribution in [0.25, 0.3) is 0 Å². The van der Waals surface area contributed by atoms with E-state index in [-0.39, 0.29) is 0 Å². The normalized spacial score (nSPS) is 10.4. The van der Waals surface area contributed by atoms with E-state index in [0.717, 1.165) is 11.1 Å². The summed E-state index contributed by atoms with van der Waals surface area (Å²) in [7, 11) is 4.67. The summed E-state index contributed by atoms with van der Waals surface area (Å²) in [5.74, 6) is 7.35. The van der Waals surface area contributed by atoms with Crippen molar-refractivity contribution in [2.24, 2.45) is 5.16 Å². The molecule has 0 saturated carbocycles. The Morgan fingerprint density at radius 3 is 2.27 bits per heavy atom. The largest absolute Gasteiger partial charge is 0.493 e. The zero-order valence-corrected chi connectivity index (χ0v) is 12.8. The standard InChI is InChI=1S/C18H17NO3/c1-20-17-12-10-15(13-18(17)21-2)16(19-22-3)11-9-14-7-5-4-6-8-14/h4-8,10,12-13H,1-3H3/b19-16+. The summed E-state index contributed by atoms with van der Waals surface area (Å²) in [5.41, 5.74) is 2.22. The summed E-state index contributed by atoms with van der Waals surface area (Å²) < 4.78 is 10.5. The fourth-order valence-corrected chi connectivity index (χ4v) is 1.88. The van der Waals surface area contributed by atoms with E-state index < -0.39 is 0 Å². The van der Waals surface area contributed by atoms with Crippen LogP contribution in [0.3, 0.4) is 0 Å². The molecule has 0 aliphatic carbocycles. The van der Waals surface area contributed by atoms with Crippen molar-refractivity contribution in [2.75, 3.05) is 21.3 Å². The van der Waals surface area contributed by atoms with E-state index >= 15 is 0 Å². The third-order valence-corrected chi connectivity index (χ3v) is 2.94. The number of rotatable bonds is 4. The van der Waals surface area contributed by atoms with Crippen LogP contribution in [0.5, 0.6) is 11.5 Å². The number of nitrogens with zero attached hydrogens (tertiary/aromatic N) is 1. The van der Waals surface area contributed by atoms with E-state index in [0.29, 0.717) is 17.2 Å². The lowest BCUT2D eigenvalue weighted by atomic mass is 10.1. The molecule has 0 unspecified atom stereocenters. The highest BCUT2D eigenvalue weighted by Gasteiger charge is 2.08. The van der Waals surface area contributed by atoms with Gasteiger partial charge in [0.2, 0.25) is 0 Å². The molecule has 112 valence electrons. The minimum absolute atomic E-state index is 0.521. The number of oxime groups is 1. The highest BCUT2D eigenvalue weighted by atomic mass is 16.6. The molecular weight excluding hydrogens is 278 g/mol. The van der Waals surface area contributed by atoms with Gasteiger partial charge in [-0.3, -0.25) is 0 Å². The Labute approximate surface area is 130 Å². The number of hydrogen-bond donors (Lipinski definition) is 0. The first-order valence-electron chi connectivity index (χ1n) is 6.69. The molecule has 4 heteroatoms. The predicted molar refractivity (Wildman–Crippen MR) is 86.4 cm³/mol. The molecule has 0 atom stereocenters. The highest BCUT2D eigenvalue weighted by Crippen LogP contribution is 2.27. The molecule has 0 aromatic heterocycles. The molecule has 2 rings (SSSR count). The molecule has 0 saturated heterocycles. The van der Waals surface area contributed by atoms with Crippen molar-refractivity contribution >= 4 is 5.71 Å². The van der Waals surface area contributed by atoms with E-state index in [2.05, 4.69) is 17.0 Å². The van der Waals surface area contributed by atoms with Gasteiger partial charge in [-0.25, -0.2) is 0 Å². The van der Waals surface area contributed by atoms with Gasteiger partial charge in [0.05, 0.1) is 14.2 Å². The minimum Gasteiger partial charge on any atom is -0.493 e. The minimum atomic E-state index is 0.521. The van der Waals surface area contributed by atoms with Gasteiger partial charge in [0.15, 0.2) is 17.2 Å². The summed E-state index contributed by atoms with van der Waals surface area (Å²) in [5, 5.41) is 3.99. The van der Waals surface area contributed by atoms with Gasteiger partial charge in [-0.15, -0.1) is 0 Å². The van der Waals surface area contributed by atoms with Crippen molar-refractivity contribution in [3.8, 4) is 23.3 Å². The summed E-state index contributed by atoms with van der Waals surface area (Å²) in [6, 6.07) is 15.2. The molecule has 0 heterocycles. The highest BCUT2D eigenvalue weighted by molar-refractivity contribution is 6.13. The van der Waals surface area contributed by atoms with E-state index in [9.17, 15) is 0 Å². The van der Waals surface area contributed by atoms with Crippen LogP contribution in [0, 0.1) is 11.8 Å². The van der Waals surface area contributed by atoms with Gasteiger partial charge in [-0.1, -0.05) is 29.3 Å². The second-order valence-electron chi connectivity index (χ2n) is 4.31. The van der Waals surface area contributed by atoms with E-state index in [1.807, 2.05) is 48.5 Å². The van der Waals surface area contributed by atoms with Crippen LogP contribution in [0.2, 0.25) is 0 Å². The van der Waals surface area contributed by atoms with E-state index in [1.165, 1.54) is 7.11 Å². The summed E-state index contributed by atoms with van der Waals surface area (Å²) in [6.45, 7) is 0. The van der Waals surface area contributed by atoms with Crippen molar-refractivity contribution in [3.05, 3.63) is 59.7 Å². The first kappa shape index (κ1) is 15.5. The second-order valence-corrected chi connectivity index (χ2v) is 4.31. The average molecular weight is 295 g/mol. The fraction of sp³-hybridized carbons (Fsp3) is 0.167. The van der Waals surface area contributed by atoms with Crippen molar-refractivity contribution in [1.82, 2.24) is 0 Å². The van der Waals surface area contributed by atoms with Crippen LogP contribution in [-0.4, -0.2) is 27.0 Å². The van der Waals surface area contributed by atoms with Crippen molar-refractivity contribution in [2.45, 2.75) is 0 Å². The first-order chi connectivity index (χ1) is 10.8. The first-order valence-corrected chi connectivity index (χ1v) is 6.69. The van der Waals surface area contributed by atoms with Gasteiger partial charge in [0.1, 0.15) is 7.11 Å². The molecule has 2 aromatic carbocycles. The SMILES string of the molecule is CO/N=C(\C#Cc1ccccc1)c1ccc(OC)c(OC)c1. The lowest BCUT2D eigenvalue weighted by Crippen LogP contribution is -2.00. The van der Waals surface area contributed by atoms with Gasteiger partial charge in [-0.2, -0.15) is 0 Å². The fourth-order valence-electron chi connectivity index (χ4n) is 1.88. The maximum absolute atomic E-state index is 5.30. The average Bonchev–Trinajstić information content (AvgIpc) is 2.59. The Balaban J connectivity index is 2.37. The molecule has 0 spiro atoms. The zero-order chi connectivity index (χ0) is 15.8. The van der Waals surface area contributed by atoms with Crippen LogP contribution in [0.4, 0.5) is 0 Å². The molecule has 22 heavy (non-hydrogen) atoms. The van der Waals surface area contributed by atoms with Crippen LogP contribution in [-0.2, 0) is 4.84 Å². The number of hydrogen-bond acceptors (Lipinski definition) is 4. The van der Waals surface area contributed by atoms with Crippen LogP contribution >= 0.6 is 0 Å². The van der Waals surface area contributed by atoms with Gasteiger partial charge >= 0.3 is 0 Å². The lowest BCUT2D eigenvalue weighted by molar-refractivity contribution is 0.214. The van der Waals surface area contributed by atoms with Crippen LogP contribution < -0.4 is 9.47 Å². The smallest absolute Gasteiger partial charge is 0.161 e. The molecule has 0 aliphatic rings. The third kappa shape index (κ3) is 3.80. The molecule has 0 amide bonds. The maximum atomic E-state index is 5.30.